The molecule has 2 N–H and O–H groups in total. The van der Waals surface area contributed by atoms with E-state index < -0.39 is 39.7 Å². The summed E-state index contributed by atoms with van der Waals surface area (Å²) >= 11 is 0. The number of hydrogen-bond donors (Lipinski definition) is 2. The SMILES string of the molecule is N#Cc1cc(S(=O)(=O)NCC(=O)Nc2cccc(F)c2)ccc1F. The van der Waals surface area contributed by atoms with Crippen molar-refractivity contribution in [2.24, 2.45) is 0 Å². The first-order valence-corrected chi connectivity index (χ1v) is 8.05. The summed E-state index contributed by atoms with van der Waals surface area (Å²) in [6.45, 7) is -0.613. The molecule has 0 saturated heterocycles. The number of halogens is 2. The van der Waals surface area contributed by atoms with Crippen molar-refractivity contribution >= 4 is 21.6 Å². The number of amides is 1. The molecule has 9 heteroatoms. The van der Waals surface area contributed by atoms with Crippen molar-refractivity contribution in [1.82, 2.24) is 4.72 Å². The number of nitrogens with one attached hydrogen (secondary N) is 2. The fourth-order valence-electron chi connectivity index (χ4n) is 1.77. The minimum atomic E-state index is -4.11. The van der Waals surface area contributed by atoms with Crippen molar-refractivity contribution in [3.8, 4) is 6.07 Å². The van der Waals surface area contributed by atoms with Crippen LogP contribution in [0.3, 0.4) is 0 Å². The van der Waals surface area contributed by atoms with Crippen LogP contribution in [0.5, 0.6) is 0 Å². The molecule has 6 nitrogen and oxygen atoms in total. The number of carbonyl (C=O) groups is 1. The highest BCUT2D eigenvalue weighted by atomic mass is 32.2. The van der Waals surface area contributed by atoms with E-state index in [1.54, 1.807) is 0 Å². The summed E-state index contributed by atoms with van der Waals surface area (Å²) in [7, 11) is -4.11. The van der Waals surface area contributed by atoms with Gasteiger partial charge in [0.2, 0.25) is 15.9 Å². The first kappa shape index (κ1) is 17.5. The molecule has 0 spiro atoms. The molecule has 0 aromatic heterocycles. The van der Waals surface area contributed by atoms with Gasteiger partial charge in [-0.05, 0) is 36.4 Å². The minimum absolute atomic E-state index is 0.174. The Morgan fingerprint density at radius 1 is 1.17 bits per heavy atom. The normalized spacial score (nSPS) is 10.9. The number of carbonyl (C=O) groups excluding carboxylic acids is 1. The summed E-state index contributed by atoms with van der Waals surface area (Å²) in [5.41, 5.74) is -0.255. The molecule has 0 aliphatic heterocycles. The third-order valence-electron chi connectivity index (χ3n) is 2.90. The number of rotatable bonds is 5. The second-order valence-corrected chi connectivity index (χ2v) is 6.40. The van der Waals surface area contributed by atoms with Crippen molar-refractivity contribution in [2.45, 2.75) is 4.90 Å². The van der Waals surface area contributed by atoms with Crippen molar-refractivity contribution in [3.63, 3.8) is 0 Å². The topological polar surface area (TPSA) is 99.1 Å². The van der Waals surface area contributed by atoms with E-state index in [1.165, 1.54) is 24.3 Å². The molecule has 2 aromatic carbocycles. The summed E-state index contributed by atoms with van der Waals surface area (Å²) in [4.78, 5) is 11.4. The van der Waals surface area contributed by atoms with Gasteiger partial charge in [-0.3, -0.25) is 4.79 Å². The number of anilines is 1. The maximum absolute atomic E-state index is 13.2. The average Bonchev–Trinajstić information content (AvgIpc) is 2.53. The number of benzene rings is 2. The molecule has 24 heavy (non-hydrogen) atoms. The molecular weight excluding hydrogens is 340 g/mol. The Bertz CT molecular complexity index is 924. The predicted octanol–water partition coefficient (Wildman–Crippen LogP) is 1.75. The Balaban J connectivity index is 2.05. The Morgan fingerprint density at radius 2 is 1.92 bits per heavy atom. The predicted molar refractivity (Wildman–Crippen MR) is 81.3 cm³/mol. The third kappa shape index (κ3) is 4.34. The lowest BCUT2D eigenvalue weighted by Gasteiger charge is -2.08. The van der Waals surface area contributed by atoms with Gasteiger partial charge in [0.25, 0.3) is 0 Å². The summed E-state index contributed by atoms with van der Waals surface area (Å²) in [6.07, 6.45) is 0. The van der Waals surface area contributed by atoms with E-state index in [0.29, 0.717) is 0 Å². The van der Waals surface area contributed by atoms with E-state index in [9.17, 15) is 22.0 Å². The van der Waals surface area contributed by atoms with Crippen molar-refractivity contribution < 1.29 is 22.0 Å². The first-order valence-electron chi connectivity index (χ1n) is 6.56. The Hall–Kier alpha value is -2.83. The number of sulfonamides is 1. The van der Waals surface area contributed by atoms with E-state index in [1.807, 2.05) is 4.72 Å². The molecule has 0 heterocycles. The van der Waals surface area contributed by atoms with Crippen LogP contribution in [-0.2, 0) is 14.8 Å². The fraction of sp³-hybridized carbons (Fsp3) is 0.0667. The highest BCUT2D eigenvalue weighted by Gasteiger charge is 2.17. The van der Waals surface area contributed by atoms with Crippen LogP contribution in [-0.4, -0.2) is 20.9 Å². The van der Waals surface area contributed by atoms with E-state index in [2.05, 4.69) is 5.32 Å². The lowest BCUT2D eigenvalue weighted by atomic mass is 10.2. The molecule has 124 valence electrons. The Labute approximate surface area is 136 Å². The third-order valence-corrected chi connectivity index (χ3v) is 4.30. The Morgan fingerprint density at radius 3 is 2.58 bits per heavy atom. The molecule has 0 unspecified atom stereocenters. The lowest BCUT2D eigenvalue weighted by molar-refractivity contribution is -0.115. The van der Waals surface area contributed by atoms with Crippen LogP contribution in [0.15, 0.2) is 47.4 Å². The molecule has 0 aliphatic rings. The quantitative estimate of drug-likeness (QED) is 0.857. The number of nitrogens with zero attached hydrogens (tertiary/aromatic N) is 1. The monoisotopic (exact) mass is 351 g/mol. The zero-order chi connectivity index (χ0) is 17.7. The van der Waals surface area contributed by atoms with Crippen LogP contribution < -0.4 is 10.0 Å². The average molecular weight is 351 g/mol. The molecule has 0 saturated carbocycles. The zero-order valence-corrected chi connectivity index (χ0v) is 12.9. The first-order chi connectivity index (χ1) is 11.3. The van der Waals surface area contributed by atoms with Crippen LogP contribution in [0, 0.1) is 23.0 Å². The van der Waals surface area contributed by atoms with E-state index >= 15 is 0 Å². The zero-order valence-electron chi connectivity index (χ0n) is 12.1. The van der Waals surface area contributed by atoms with Crippen LogP contribution in [0.2, 0.25) is 0 Å². The van der Waals surface area contributed by atoms with Gasteiger partial charge in [0.05, 0.1) is 17.0 Å². The second-order valence-electron chi connectivity index (χ2n) is 4.64. The molecule has 0 radical (unpaired) electrons. The van der Waals surface area contributed by atoms with E-state index in [-0.39, 0.29) is 10.6 Å². The molecule has 1 amide bonds. The standard InChI is InChI=1S/C15H11F2N3O3S/c16-11-2-1-3-12(7-11)20-15(21)9-19-24(22,23)13-4-5-14(17)10(6-13)8-18/h1-7,19H,9H2,(H,20,21). The fourth-order valence-corrected chi connectivity index (χ4v) is 2.78. The lowest BCUT2D eigenvalue weighted by Crippen LogP contribution is -2.33. The van der Waals surface area contributed by atoms with Gasteiger partial charge >= 0.3 is 0 Å². The van der Waals surface area contributed by atoms with Crippen molar-refractivity contribution in [3.05, 3.63) is 59.7 Å². The highest BCUT2D eigenvalue weighted by Crippen LogP contribution is 2.14. The largest absolute Gasteiger partial charge is 0.325 e. The number of nitriles is 1. The van der Waals surface area contributed by atoms with Crippen LogP contribution in [0.4, 0.5) is 14.5 Å². The number of hydrogen-bond acceptors (Lipinski definition) is 4. The van der Waals surface area contributed by atoms with Gasteiger partial charge in [-0.2, -0.15) is 5.26 Å². The molecule has 0 aliphatic carbocycles. The second kappa shape index (κ2) is 7.16. The van der Waals surface area contributed by atoms with Gasteiger partial charge in [0.1, 0.15) is 17.7 Å². The summed E-state index contributed by atoms with van der Waals surface area (Å²) < 4.78 is 52.3. The van der Waals surface area contributed by atoms with Crippen molar-refractivity contribution in [1.29, 1.82) is 5.26 Å². The highest BCUT2D eigenvalue weighted by molar-refractivity contribution is 7.89. The van der Waals surface area contributed by atoms with Gasteiger partial charge in [-0.15, -0.1) is 0 Å². The van der Waals surface area contributed by atoms with Crippen LogP contribution in [0.25, 0.3) is 0 Å². The van der Waals surface area contributed by atoms with Gasteiger partial charge in [-0.1, -0.05) is 6.07 Å². The summed E-state index contributed by atoms with van der Waals surface area (Å²) in [5.74, 6) is -2.11. The van der Waals surface area contributed by atoms with Crippen LogP contribution >= 0.6 is 0 Å². The maximum Gasteiger partial charge on any atom is 0.241 e. The van der Waals surface area contributed by atoms with Gasteiger partial charge in [-0.25, -0.2) is 21.9 Å². The molecule has 0 fully saturated rings. The summed E-state index contributed by atoms with van der Waals surface area (Å²) in [6, 6.07) is 9.31. The van der Waals surface area contributed by atoms with Gasteiger partial charge in [0, 0.05) is 5.69 Å². The smallest absolute Gasteiger partial charge is 0.241 e. The van der Waals surface area contributed by atoms with Crippen LogP contribution in [0.1, 0.15) is 5.56 Å². The van der Waals surface area contributed by atoms with Crippen molar-refractivity contribution in [2.75, 3.05) is 11.9 Å². The van der Waals surface area contributed by atoms with E-state index in [4.69, 9.17) is 5.26 Å². The minimum Gasteiger partial charge on any atom is -0.325 e. The maximum atomic E-state index is 13.2. The van der Waals surface area contributed by atoms with Gasteiger partial charge < -0.3 is 5.32 Å². The molecule has 0 bridgehead atoms. The van der Waals surface area contributed by atoms with E-state index in [0.717, 1.165) is 24.3 Å². The molecule has 2 rings (SSSR count). The molecule has 0 atom stereocenters. The van der Waals surface area contributed by atoms with Gasteiger partial charge in [0.15, 0.2) is 0 Å². The molecule has 2 aromatic rings. The molecular formula is C15H11F2N3O3S. The summed E-state index contributed by atoms with van der Waals surface area (Å²) in [5, 5.41) is 11.0. The Kier molecular flexibility index (Phi) is 5.23.